The molecule has 0 radical (unpaired) electrons. The average molecular weight is 404 g/mol. The summed E-state index contributed by atoms with van der Waals surface area (Å²) in [6, 6.07) is 13.4. The molecule has 2 aromatic heterocycles. The van der Waals surface area contributed by atoms with Crippen molar-refractivity contribution >= 4 is 22.6 Å². The van der Waals surface area contributed by atoms with E-state index in [0.717, 1.165) is 12.0 Å². The molecule has 0 spiro atoms. The predicted octanol–water partition coefficient (Wildman–Crippen LogP) is 3.99. The summed E-state index contributed by atoms with van der Waals surface area (Å²) in [6.45, 7) is 3.77. The number of halogens is 1. The van der Waals surface area contributed by atoms with Gasteiger partial charge in [-0.15, -0.1) is 0 Å². The predicted molar refractivity (Wildman–Crippen MR) is 115 cm³/mol. The van der Waals surface area contributed by atoms with E-state index in [4.69, 9.17) is 0 Å². The number of aromatic nitrogens is 3. The highest BCUT2D eigenvalue weighted by Gasteiger charge is 2.21. The van der Waals surface area contributed by atoms with E-state index in [1.54, 1.807) is 35.4 Å². The largest absolute Gasteiger partial charge is 0.334 e. The van der Waals surface area contributed by atoms with Crippen LogP contribution >= 0.6 is 0 Å². The molecule has 2 heterocycles. The highest BCUT2D eigenvalue weighted by molar-refractivity contribution is 6.05. The Kier molecular flexibility index (Phi) is 4.95. The molecule has 2 aromatic carbocycles. The summed E-state index contributed by atoms with van der Waals surface area (Å²) >= 11 is 0. The molecule has 0 saturated heterocycles. The zero-order chi connectivity index (χ0) is 21.4. The molecule has 0 aliphatic carbocycles. The first kappa shape index (κ1) is 19.6. The van der Waals surface area contributed by atoms with Crippen molar-refractivity contribution in [2.24, 2.45) is 7.05 Å². The summed E-state index contributed by atoms with van der Waals surface area (Å²) in [5.41, 5.74) is 3.08. The topological polar surface area (TPSA) is 68.9 Å². The van der Waals surface area contributed by atoms with Gasteiger partial charge in [0.05, 0.1) is 16.8 Å². The Hall–Kier alpha value is -3.74. The Labute approximate surface area is 172 Å². The van der Waals surface area contributed by atoms with Crippen molar-refractivity contribution < 1.29 is 9.18 Å². The molecule has 0 aliphatic heterocycles. The number of nitrogens with zero attached hydrogens (tertiary/aromatic N) is 3. The average Bonchev–Trinajstić information content (AvgIpc) is 3.09. The van der Waals surface area contributed by atoms with Crippen molar-refractivity contribution in [2.45, 2.75) is 20.3 Å². The van der Waals surface area contributed by atoms with Gasteiger partial charge in [-0.25, -0.2) is 9.07 Å². The SMILES string of the molecule is CCc1ccc(NC(=O)c2cn(C)c3c(c(C)nn3-c3ccc(F)cc3)c2=O)cc1. The number of anilines is 1. The third-order valence-corrected chi connectivity index (χ3v) is 5.10. The molecule has 30 heavy (non-hydrogen) atoms. The Balaban J connectivity index is 1.78. The summed E-state index contributed by atoms with van der Waals surface area (Å²) in [4.78, 5) is 26.0. The quantitative estimate of drug-likeness (QED) is 0.559. The molecule has 6 nitrogen and oxygen atoms in total. The van der Waals surface area contributed by atoms with Crippen LogP contribution in [0.25, 0.3) is 16.7 Å². The lowest BCUT2D eigenvalue weighted by Crippen LogP contribution is -2.23. The summed E-state index contributed by atoms with van der Waals surface area (Å²) in [5, 5.41) is 7.60. The van der Waals surface area contributed by atoms with Gasteiger partial charge in [0.25, 0.3) is 5.91 Å². The number of aryl methyl sites for hydroxylation is 3. The van der Waals surface area contributed by atoms with Gasteiger partial charge < -0.3 is 9.88 Å². The Bertz CT molecular complexity index is 1300. The lowest BCUT2D eigenvalue weighted by atomic mass is 10.1. The standard InChI is InChI=1S/C23H21FN4O2/c1-4-15-5-9-17(10-6-15)25-22(30)19-13-27(3)23-20(21(19)29)14(2)26-28(23)18-11-7-16(24)8-12-18/h5-13H,4H2,1-3H3,(H,25,30). The second-order valence-electron chi connectivity index (χ2n) is 7.16. The van der Waals surface area contributed by atoms with Crippen molar-refractivity contribution in [2.75, 3.05) is 5.32 Å². The molecular formula is C23H21FN4O2. The maximum Gasteiger partial charge on any atom is 0.261 e. The minimum atomic E-state index is -0.476. The fourth-order valence-corrected chi connectivity index (χ4v) is 3.50. The van der Waals surface area contributed by atoms with Gasteiger partial charge in [0.2, 0.25) is 5.43 Å². The van der Waals surface area contributed by atoms with Crippen molar-refractivity contribution in [1.29, 1.82) is 0 Å². The molecule has 1 N–H and O–H groups in total. The molecular weight excluding hydrogens is 383 g/mol. The van der Waals surface area contributed by atoms with E-state index in [1.165, 1.54) is 18.3 Å². The highest BCUT2D eigenvalue weighted by atomic mass is 19.1. The molecule has 0 fully saturated rings. The molecule has 4 aromatic rings. The first-order chi connectivity index (χ1) is 14.4. The summed E-state index contributed by atoms with van der Waals surface area (Å²) < 4.78 is 16.6. The van der Waals surface area contributed by atoms with E-state index in [1.807, 2.05) is 24.3 Å². The smallest absolute Gasteiger partial charge is 0.261 e. The minimum Gasteiger partial charge on any atom is -0.334 e. The number of fused-ring (bicyclic) bond motifs is 1. The Morgan fingerprint density at radius 1 is 1.10 bits per heavy atom. The van der Waals surface area contributed by atoms with Gasteiger partial charge in [0.1, 0.15) is 17.0 Å². The number of amides is 1. The number of carbonyl (C=O) groups is 1. The maximum atomic E-state index is 13.3. The van der Waals surface area contributed by atoms with Crippen LogP contribution in [0.4, 0.5) is 10.1 Å². The van der Waals surface area contributed by atoms with Crippen molar-refractivity contribution in [3.05, 3.63) is 87.6 Å². The molecule has 0 saturated carbocycles. The third-order valence-electron chi connectivity index (χ3n) is 5.10. The first-order valence-electron chi connectivity index (χ1n) is 9.64. The van der Waals surface area contributed by atoms with Crippen molar-refractivity contribution in [3.63, 3.8) is 0 Å². The summed E-state index contributed by atoms with van der Waals surface area (Å²) in [5.74, 6) is -0.831. The van der Waals surface area contributed by atoms with Gasteiger partial charge in [-0.2, -0.15) is 5.10 Å². The maximum absolute atomic E-state index is 13.3. The van der Waals surface area contributed by atoms with E-state index >= 15 is 0 Å². The summed E-state index contributed by atoms with van der Waals surface area (Å²) in [6.07, 6.45) is 2.41. The molecule has 4 rings (SSSR count). The van der Waals surface area contributed by atoms with Crippen LogP contribution in [0.1, 0.15) is 28.5 Å². The fourth-order valence-electron chi connectivity index (χ4n) is 3.50. The van der Waals surface area contributed by atoms with Gasteiger partial charge in [-0.1, -0.05) is 19.1 Å². The van der Waals surface area contributed by atoms with Gasteiger partial charge in [-0.05, 0) is 55.3 Å². The van der Waals surface area contributed by atoms with Crippen molar-refractivity contribution in [3.8, 4) is 5.69 Å². The van der Waals surface area contributed by atoms with E-state index in [-0.39, 0.29) is 11.4 Å². The number of carbonyl (C=O) groups excluding carboxylic acids is 1. The number of benzene rings is 2. The molecule has 152 valence electrons. The second-order valence-corrected chi connectivity index (χ2v) is 7.16. The Morgan fingerprint density at radius 3 is 2.40 bits per heavy atom. The van der Waals surface area contributed by atoms with E-state index in [2.05, 4.69) is 17.3 Å². The molecule has 0 aliphatic rings. The lowest BCUT2D eigenvalue weighted by Gasteiger charge is -2.10. The van der Waals surface area contributed by atoms with Crippen LogP contribution in [-0.2, 0) is 13.5 Å². The monoisotopic (exact) mass is 404 g/mol. The number of pyridine rings is 1. The van der Waals surface area contributed by atoms with Gasteiger partial charge in [-0.3, -0.25) is 9.59 Å². The molecule has 0 unspecified atom stereocenters. The molecule has 1 amide bonds. The number of nitrogens with one attached hydrogen (secondary N) is 1. The molecule has 7 heteroatoms. The van der Waals surface area contributed by atoms with Gasteiger partial charge in [0, 0.05) is 18.9 Å². The van der Waals surface area contributed by atoms with E-state index in [0.29, 0.717) is 28.1 Å². The molecule has 0 bridgehead atoms. The zero-order valence-corrected chi connectivity index (χ0v) is 16.9. The van der Waals surface area contributed by atoms with Gasteiger partial charge in [0.15, 0.2) is 0 Å². The number of rotatable bonds is 4. The number of hydrogen-bond acceptors (Lipinski definition) is 3. The van der Waals surface area contributed by atoms with Crippen LogP contribution in [0.5, 0.6) is 0 Å². The normalized spacial score (nSPS) is 11.1. The first-order valence-corrected chi connectivity index (χ1v) is 9.64. The van der Waals surface area contributed by atoms with Crippen LogP contribution in [-0.4, -0.2) is 20.3 Å². The van der Waals surface area contributed by atoms with Crippen LogP contribution < -0.4 is 10.7 Å². The lowest BCUT2D eigenvalue weighted by molar-refractivity contribution is 0.102. The van der Waals surface area contributed by atoms with Gasteiger partial charge >= 0.3 is 0 Å². The summed E-state index contributed by atoms with van der Waals surface area (Å²) in [7, 11) is 1.75. The zero-order valence-electron chi connectivity index (χ0n) is 16.9. The second kappa shape index (κ2) is 7.59. The highest BCUT2D eigenvalue weighted by Crippen LogP contribution is 2.20. The number of hydrogen-bond donors (Lipinski definition) is 1. The van der Waals surface area contributed by atoms with Crippen LogP contribution in [0, 0.1) is 12.7 Å². The third kappa shape index (κ3) is 3.39. The Morgan fingerprint density at radius 2 is 1.77 bits per heavy atom. The molecule has 0 atom stereocenters. The van der Waals surface area contributed by atoms with Crippen LogP contribution in [0.15, 0.2) is 59.5 Å². The van der Waals surface area contributed by atoms with Crippen LogP contribution in [0.2, 0.25) is 0 Å². The van der Waals surface area contributed by atoms with Crippen molar-refractivity contribution in [1.82, 2.24) is 14.3 Å². The van der Waals surface area contributed by atoms with Crippen LogP contribution in [0.3, 0.4) is 0 Å². The minimum absolute atomic E-state index is 0.0336. The fraction of sp³-hybridized carbons (Fsp3) is 0.174. The van der Waals surface area contributed by atoms with E-state index < -0.39 is 11.3 Å². The van der Waals surface area contributed by atoms with E-state index in [9.17, 15) is 14.0 Å².